The zero-order chi connectivity index (χ0) is 20.5. The molecule has 2 aromatic carbocycles. The van der Waals surface area contributed by atoms with Crippen LogP contribution in [0.5, 0.6) is 0 Å². The van der Waals surface area contributed by atoms with Crippen LogP contribution in [0, 0.1) is 0 Å². The molecule has 0 aliphatic rings. The van der Waals surface area contributed by atoms with Gasteiger partial charge in [0, 0.05) is 17.5 Å². The second-order valence-corrected chi connectivity index (χ2v) is 6.51. The van der Waals surface area contributed by atoms with Gasteiger partial charge in [-0.15, -0.1) is 0 Å². The number of benzene rings is 2. The summed E-state index contributed by atoms with van der Waals surface area (Å²) in [6, 6.07) is 16.9. The SMILES string of the molecule is C=C/C=C(C)/C(/C=N/c1cccc(NC(=O)C(C)c2ccccc2)c1)=C(\C)O. The summed E-state index contributed by atoms with van der Waals surface area (Å²) in [4.78, 5) is 17.0. The van der Waals surface area contributed by atoms with E-state index in [1.54, 1.807) is 25.3 Å². The fourth-order valence-corrected chi connectivity index (χ4v) is 2.69. The van der Waals surface area contributed by atoms with Crippen LogP contribution in [0.2, 0.25) is 0 Å². The Hall–Kier alpha value is -3.40. The molecule has 0 spiro atoms. The molecule has 0 aromatic heterocycles. The molecule has 0 fully saturated rings. The highest BCUT2D eigenvalue weighted by Crippen LogP contribution is 2.22. The Kier molecular flexibility index (Phi) is 7.52. The number of hydrogen-bond acceptors (Lipinski definition) is 3. The average Bonchev–Trinajstić information content (AvgIpc) is 2.68. The van der Waals surface area contributed by atoms with Crippen molar-refractivity contribution in [3.63, 3.8) is 0 Å². The predicted octanol–water partition coefficient (Wildman–Crippen LogP) is 6.10. The van der Waals surface area contributed by atoms with Crippen LogP contribution in [0.25, 0.3) is 0 Å². The summed E-state index contributed by atoms with van der Waals surface area (Å²) in [6.45, 7) is 9.04. The number of rotatable bonds is 7. The van der Waals surface area contributed by atoms with E-state index in [1.165, 1.54) is 0 Å². The van der Waals surface area contributed by atoms with Gasteiger partial charge >= 0.3 is 0 Å². The summed E-state index contributed by atoms with van der Waals surface area (Å²) in [5, 5.41) is 12.8. The maximum atomic E-state index is 12.5. The molecule has 4 nitrogen and oxygen atoms in total. The van der Waals surface area contributed by atoms with Gasteiger partial charge in [-0.3, -0.25) is 9.79 Å². The van der Waals surface area contributed by atoms with Gasteiger partial charge in [-0.1, -0.05) is 55.1 Å². The lowest BCUT2D eigenvalue weighted by molar-refractivity contribution is -0.117. The Balaban J connectivity index is 2.15. The normalized spacial score (nSPS) is 13.8. The Labute approximate surface area is 166 Å². The first kappa shape index (κ1) is 20.9. The van der Waals surface area contributed by atoms with E-state index in [4.69, 9.17) is 0 Å². The third-order valence-electron chi connectivity index (χ3n) is 4.33. The van der Waals surface area contributed by atoms with Crippen LogP contribution >= 0.6 is 0 Å². The summed E-state index contributed by atoms with van der Waals surface area (Å²) in [5.74, 6) is -0.156. The molecule has 2 N–H and O–H groups in total. The Morgan fingerprint density at radius 2 is 1.86 bits per heavy atom. The molecule has 2 rings (SSSR count). The molecular formula is C24H26N2O2. The fourth-order valence-electron chi connectivity index (χ4n) is 2.69. The van der Waals surface area contributed by atoms with Gasteiger partial charge in [-0.05, 0) is 50.1 Å². The summed E-state index contributed by atoms with van der Waals surface area (Å²) in [6.07, 6.45) is 5.08. The van der Waals surface area contributed by atoms with Gasteiger partial charge in [-0.25, -0.2) is 0 Å². The smallest absolute Gasteiger partial charge is 0.231 e. The largest absolute Gasteiger partial charge is 0.512 e. The molecule has 0 aliphatic carbocycles. The van der Waals surface area contributed by atoms with Gasteiger partial charge in [-0.2, -0.15) is 0 Å². The number of carbonyl (C=O) groups is 1. The van der Waals surface area contributed by atoms with Gasteiger partial charge in [0.1, 0.15) is 0 Å². The summed E-state index contributed by atoms with van der Waals surface area (Å²) < 4.78 is 0. The van der Waals surface area contributed by atoms with E-state index in [0.717, 1.165) is 11.1 Å². The van der Waals surface area contributed by atoms with E-state index in [0.29, 0.717) is 16.9 Å². The zero-order valence-corrected chi connectivity index (χ0v) is 16.5. The lowest BCUT2D eigenvalue weighted by Crippen LogP contribution is -2.18. The number of aliphatic imine (C=N–C) groups is 1. The summed E-state index contributed by atoms with van der Waals surface area (Å²) >= 11 is 0. The molecule has 0 bridgehead atoms. The van der Waals surface area contributed by atoms with E-state index in [1.807, 2.05) is 68.5 Å². The Morgan fingerprint density at radius 3 is 2.50 bits per heavy atom. The number of anilines is 1. The van der Waals surface area contributed by atoms with Crippen molar-refractivity contribution in [3.8, 4) is 0 Å². The number of aliphatic hydroxyl groups excluding tert-OH is 1. The molecule has 28 heavy (non-hydrogen) atoms. The Bertz CT molecular complexity index is 921. The number of allylic oxidation sites excluding steroid dienone is 5. The van der Waals surface area contributed by atoms with Crippen LogP contribution in [0.15, 0.2) is 95.2 Å². The lowest BCUT2D eigenvalue weighted by atomic mass is 10.0. The van der Waals surface area contributed by atoms with Crippen LogP contribution in [-0.2, 0) is 4.79 Å². The highest BCUT2D eigenvalue weighted by atomic mass is 16.3. The highest BCUT2D eigenvalue weighted by molar-refractivity contribution is 5.96. The van der Waals surface area contributed by atoms with Gasteiger partial charge in [0.05, 0.1) is 17.4 Å². The summed E-state index contributed by atoms with van der Waals surface area (Å²) in [7, 11) is 0. The van der Waals surface area contributed by atoms with E-state index in [9.17, 15) is 9.90 Å². The van der Waals surface area contributed by atoms with Crippen molar-refractivity contribution in [2.75, 3.05) is 5.32 Å². The van der Waals surface area contributed by atoms with Crippen LogP contribution in [-0.4, -0.2) is 17.2 Å². The highest BCUT2D eigenvalue weighted by Gasteiger charge is 2.15. The van der Waals surface area contributed by atoms with E-state index >= 15 is 0 Å². The first-order valence-corrected chi connectivity index (χ1v) is 9.12. The molecule has 0 saturated carbocycles. The number of nitrogens with one attached hydrogen (secondary N) is 1. The molecular weight excluding hydrogens is 348 g/mol. The second kappa shape index (κ2) is 10.1. The molecule has 0 saturated heterocycles. The van der Waals surface area contributed by atoms with Crippen molar-refractivity contribution < 1.29 is 9.90 Å². The third kappa shape index (κ3) is 5.81. The standard InChI is InChI=1S/C24H26N2O2/c1-5-10-17(2)23(19(4)27)16-25-21-13-9-14-22(15-21)26-24(28)18(3)20-11-7-6-8-12-20/h5-16,18,27H,1H2,2-4H3,(H,26,28)/b17-10+,23-19+,25-16+. The molecule has 0 radical (unpaired) electrons. The van der Waals surface area contributed by atoms with Gasteiger partial charge < -0.3 is 10.4 Å². The van der Waals surface area contributed by atoms with Crippen LogP contribution in [0.4, 0.5) is 11.4 Å². The molecule has 0 heterocycles. The van der Waals surface area contributed by atoms with Gasteiger partial charge in [0.15, 0.2) is 0 Å². The van der Waals surface area contributed by atoms with Crippen molar-refractivity contribution in [2.24, 2.45) is 4.99 Å². The minimum absolute atomic E-state index is 0.0797. The molecule has 2 aromatic rings. The first-order valence-electron chi connectivity index (χ1n) is 9.12. The van der Waals surface area contributed by atoms with Gasteiger partial charge in [0.25, 0.3) is 0 Å². The fraction of sp³-hybridized carbons (Fsp3) is 0.167. The molecule has 1 unspecified atom stereocenters. The monoisotopic (exact) mass is 374 g/mol. The maximum Gasteiger partial charge on any atom is 0.231 e. The molecule has 1 amide bonds. The number of carbonyl (C=O) groups excluding carboxylic acids is 1. The van der Waals surface area contributed by atoms with Crippen LogP contribution in [0.3, 0.4) is 0 Å². The predicted molar refractivity (Wildman–Crippen MR) is 117 cm³/mol. The number of hydrogen-bond donors (Lipinski definition) is 2. The minimum atomic E-state index is -0.258. The second-order valence-electron chi connectivity index (χ2n) is 6.51. The Morgan fingerprint density at radius 1 is 1.14 bits per heavy atom. The van der Waals surface area contributed by atoms with Crippen molar-refractivity contribution >= 4 is 23.5 Å². The number of nitrogens with zero attached hydrogens (tertiary/aromatic N) is 1. The third-order valence-corrected chi connectivity index (χ3v) is 4.33. The number of aliphatic hydroxyl groups is 1. The van der Waals surface area contributed by atoms with Crippen molar-refractivity contribution in [1.29, 1.82) is 0 Å². The number of amides is 1. The minimum Gasteiger partial charge on any atom is -0.512 e. The van der Waals surface area contributed by atoms with Crippen molar-refractivity contribution in [3.05, 3.63) is 95.8 Å². The maximum absolute atomic E-state index is 12.5. The zero-order valence-electron chi connectivity index (χ0n) is 16.5. The first-order chi connectivity index (χ1) is 13.4. The summed E-state index contributed by atoms with van der Waals surface area (Å²) in [5.41, 5.74) is 3.81. The van der Waals surface area contributed by atoms with Crippen molar-refractivity contribution in [1.82, 2.24) is 0 Å². The van der Waals surface area contributed by atoms with Crippen LogP contribution < -0.4 is 5.32 Å². The van der Waals surface area contributed by atoms with E-state index in [2.05, 4.69) is 16.9 Å². The van der Waals surface area contributed by atoms with E-state index in [-0.39, 0.29) is 17.6 Å². The molecule has 1 atom stereocenters. The molecule has 4 heteroatoms. The lowest BCUT2D eigenvalue weighted by Gasteiger charge is -2.12. The average molecular weight is 374 g/mol. The molecule has 0 aliphatic heterocycles. The van der Waals surface area contributed by atoms with Crippen molar-refractivity contribution in [2.45, 2.75) is 26.7 Å². The van der Waals surface area contributed by atoms with Crippen LogP contribution in [0.1, 0.15) is 32.3 Å². The topological polar surface area (TPSA) is 61.7 Å². The van der Waals surface area contributed by atoms with E-state index < -0.39 is 0 Å². The molecule has 144 valence electrons. The van der Waals surface area contributed by atoms with Gasteiger partial charge in [0.2, 0.25) is 5.91 Å². The quantitative estimate of drug-likeness (QED) is 0.350.